The number of rotatable bonds is 8. The second-order valence-electron chi connectivity index (χ2n) is 12.4. The first-order chi connectivity index (χ1) is 20.8. The van der Waals surface area contributed by atoms with Crippen molar-refractivity contribution in [2.75, 3.05) is 5.32 Å². The van der Waals surface area contributed by atoms with E-state index in [4.69, 9.17) is 21.3 Å². The summed E-state index contributed by atoms with van der Waals surface area (Å²) in [5, 5.41) is 3.53. The Kier molecular flexibility index (Phi) is 9.23. The number of aryl methyl sites for hydroxylation is 1. The number of halogens is 2. The first-order valence-corrected chi connectivity index (χ1v) is 16.7. The van der Waals surface area contributed by atoms with E-state index in [2.05, 4.69) is 15.3 Å². The number of nitrogens with zero attached hydrogens (tertiary/aromatic N) is 3. The summed E-state index contributed by atoms with van der Waals surface area (Å²) in [4.78, 5) is 26.0. The van der Waals surface area contributed by atoms with Crippen LogP contribution in [0.3, 0.4) is 0 Å². The van der Waals surface area contributed by atoms with Crippen LogP contribution >= 0.6 is 11.6 Å². The molecular formula is C33H36ClFN4O4S. The number of pyridine rings is 1. The first-order valence-electron chi connectivity index (χ1n) is 14.7. The van der Waals surface area contributed by atoms with E-state index in [-0.39, 0.29) is 27.5 Å². The molecule has 0 aliphatic heterocycles. The van der Waals surface area contributed by atoms with E-state index < -0.39 is 27.0 Å². The SMILES string of the molecule is Cc1cc(-c2ccc(CS(=O)(=O)c3ccccc3Cl)c(F)c2)nc2cnc(NC3CCC(CC(=O)OC(C)(C)C)CC3)nc12. The fourth-order valence-corrected chi connectivity index (χ4v) is 7.45. The molecule has 0 radical (unpaired) electrons. The summed E-state index contributed by atoms with van der Waals surface area (Å²) in [6.45, 7) is 7.55. The molecule has 1 aliphatic rings. The third-order valence-electron chi connectivity index (χ3n) is 7.66. The third kappa shape index (κ3) is 7.71. The highest BCUT2D eigenvalue weighted by Gasteiger charge is 2.26. The van der Waals surface area contributed by atoms with Crippen LogP contribution in [0.1, 0.15) is 64.0 Å². The molecule has 0 atom stereocenters. The second-order valence-corrected chi connectivity index (χ2v) is 14.8. The summed E-state index contributed by atoms with van der Waals surface area (Å²) >= 11 is 6.07. The normalized spacial score (nSPS) is 17.4. The Morgan fingerprint density at radius 2 is 1.80 bits per heavy atom. The fraction of sp³-hybridized carbons (Fsp3) is 0.394. The highest BCUT2D eigenvalue weighted by atomic mass is 35.5. The first kappa shape index (κ1) is 31.8. The largest absolute Gasteiger partial charge is 0.460 e. The van der Waals surface area contributed by atoms with Gasteiger partial charge >= 0.3 is 5.97 Å². The Morgan fingerprint density at radius 3 is 2.48 bits per heavy atom. The van der Waals surface area contributed by atoms with Gasteiger partial charge in [0.1, 0.15) is 16.9 Å². The van der Waals surface area contributed by atoms with Crippen LogP contribution in [0.5, 0.6) is 0 Å². The molecule has 8 nitrogen and oxygen atoms in total. The smallest absolute Gasteiger partial charge is 0.306 e. The molecule has 2 aromatic heterocycles. The number of sulfone groups is 1. The van der Waals surface area contributed by atoms with Crippen LogP contribution in [0.25, 0.3) is 22.3 Å². The average molecular weight is 639 g/mol. The van der Waals surface area contributed by atoms with Crippen LogP contribution in [-0.4, -0.2) is 41.0 Å². The molecule has 44 heavy (non-hydrogen) atoms. The van der Waals surface area contributed by atoms with Gasteiger partial charge in [-0.2, -0.15) is 0 Å². The molecule has 1 N–H and O–H groups in total. The number of ether oxygens (including phenoxy) is 1. The van der Waals surface area contributed by atoms with Gasteiger partial charge in [-0.25, -0.2) is 27.8 Å². The molecule has 1 aliphatic carbocycles. The quantitative estimate of drug-likeness (QED) is 0.198. The van der Waals surface area contributed by atoms with Crippen molar-refractivity contribution >= 4 is 44.4 Å². The van der Waals surface area contributed by atoms with Crippen molar-refractivity contribution in [1.82, 2.24) is 15.0 Å². The number of benzene rings is 2. The van der Waals surface area contributed by atoms with Crippen molar-refractivity contribution < 1.29 is 22.3 Å². The molecule has 232 valence electrons. The highest BCUT2D eigenvalue weighted by Crippen LogP contribution is 2.31. The molecule has 0 saturated heterocycles. The van der Waals surface area contributed by atoms with Crippen molar-refractivity contribution in [2.45, 2.75) is 82.1 Å². The number of anilines is 1. The molecule has 0 bridgehead atoms. The maximum Gasteiger partial charge on any atom is 0.306 e. The summed E-state index contributed by atoms with van der Waals surface area (Å²) in [6.07, 6.45) is 5.76. The topological polar surface area (TPSA) is 111 Å². The number of aromatic nitrogens is 3. The van der Waals surface area contributed by atoms with Crippen LogP contribution in [0, 0.1) is 18.7 Å². The Morgan fingerprint density at radius 1 is 1.07 bits per heavy atom. The number of hydrogen-bond acceptors (Lipinski definition) is 8. The molecule has 0 amide bonds. The van der Waals surface area contributed by atoms with Gasteiger partial charge < -0.3 is 10.1 Å². The Bertz CT molecular complexity index is 1800. The number of hydrogen-bond donors (Lipinski definition) is 1. The molecule has 11 heteroatoms. The summed E-state index contributed by atoms with van der Waals surface area (Å²) in [6, 6.07) is 12.6. The van der Waals surface area contributed by atoms with E-state index in [0.717, 1.165) is 31.2 Å². The highest BCUT2D eigenvalue weighted by molar-refractivity contribution is 7.90. The number of fused-ring (bicyclic) bond motifs is 1. The predicted molar refractivity (Wildman–Crippen MR) is 170 cm³/mol. The van der Waals surface area contributed by atoms with Crippen molar-refractivity contribution in [3.8, 4) is 11.3 Å². The third-order valence-corrected chi connectivity index (χ3v) is 9.82. The lowest BCUT2D eigenvalue weighted by molar-refractivity contribution is -0.156. The summed E-state index contributed by atoms with van der Waals surface area (Å²) in [5.41, 5.74) is 2.72. The average Bonchev–Trinajstić information content (AvgIpc) is 2.94. The van der Waals surface area contributed by atoms with Gasteiger partial charge in [-0.15, -0.1) is 0 Å². The Balaban J connectivity index is 1.25. The minimum Gasteiger partial charge on any atom is -0.460 e. The lowest BCUT2D eigenvalue weighted by atomic mass is 9.84. The van der Waals surface area contributed by atoms with Crippen molar-refractivity contribution in [1.29, 1.82) is 0 Å². The fourth-order valence-electron chi connectivity index (χ4n) is 5.52. The van der Waals surface area contributed by atoms with Gasteiger partial charge in [0.05, 0.1) is 33.1 Å². The van der Waals surface area contributed by atoms with Gasteiger partial charge in [0.2, 0.25) is 5.95 Å². The van der Waals surface area contributed by atoms with Crippen LogP contribution in [0.4, 0.5) is 10.3 Å². The van der Waals surface area contributed by atoms with E-state index in [1.165, 1.54) is 24.3 Å². The zero-order valence-corrected chi connectivity index (χ0v) is 26.8. The molecule has 2 heterocycles. The van der Waals surface area contributed by atoms with Gasteiger partial charge in [0.15, 0.2) is 9.84 Å². The standard InChI is InChI=1S/C33H36ClFN4O4S/c1-20-15-27(22-11-12-23(26(35)17-22)19-44(41,42)29-8-6-5-7-25(29)34)38-28-18-36-32(39-31(20)28)37-24-13-9-21(10-14-24)16-30(40)43-33(2,3)4/h5-8,11-12,15,17-18,21,24H,9-10,13-14,16,19H2,1-4H3,(H,36,37,39). The lowest BCUT2D eigenvalue weighted by Crippen LogP contribution is -2.30. The van der Waals surface area contributed by atoms with Gasteiger partial charge in [-0.3, -0.25) is 4.79 Å². The molecule has 4 aromatic rings. The number of carbonyl (C=O) groups excluding carboxylic acids is 1. The van der Waals surface area contributed by atoms with Crippen LogP contribution in [0.15, 0.2) is 59.6 Å². The van der Waals surface area contributed by atoms with E-state index >= 15 is 4.39 Å². The zero-order chi connectivity index (χ0) is 31.6. The van der Waals surface area contributed by atoms with E-state index in [1.54, 1.807) is 24.4 Å². The van der Waals surface area contributed by atoms with Gasteiger partial charge in [-0.05, 0) is 89.1 Å². The second kappa shape index (κ2) is 12.8. The number of nitrogens with one attached hydrogen (secondary N) is 1. The van der Waals surface area contributed by atoms with E-state index in [1.807, 2.05) is 33.8 Å². The van der Waals surface area contributed by atoms with Gasteiger partial charge in [0, 0.05) is 23.6 Å². The Labute approximate surface area is 262 Å². The minimum atomic E-state index is -3.84. The monoisotopic (exact) mass is 638 g/mol. The number of esters is 1. The summed E-state index contributed by atoms with van der Waals surface area (Å²) < 4.78 is 46.4. The Hall–Kier alpha value is -3.63. The molecule has 0 unspecified atom stereocenters. The summed E-state index contributed by atoms with van der Waals surface area (Å²) in [5.74, 6) is -0.470. The molecule has 2 aromatic carbocycles. The van der Waals surface area contributed by atoms with E-state index in [0.29, 0.717) is 40.6 Å². The molecule has 1 saturated carbocycles. The van der Waals surface area contributed by atoms with Crippen molar-refractivity contribution in [3.05, 3.63) is 76.7 Å². The van der Waals surface area contributed by atoms with Crippen LogP contribution in [-0.2, 0) is 25.1 Å². The number of carbonyl (C=O) groups is 1. The van der Waals surface area contributed by atoms with E-state index in [9.17, 15) is 13.2 Å². The zero-order valence-electron chi connectivity index (χ0n) is 25.2. The molecule has 1 fully saturated rings. The lowest BCUT2D eigenvalue weighted by Gasteiger charge is -2.29. The van der Waals surface area contributed by atoms with Crippen LogP contribution < -0.4 is 5.32 Å². The van der Waals surface area contributed by atoms with Crippen LogP contribution in [0.2, 0.25) is 5.02 Å². The van der Waals surface area contributed by atoms with Gasteiger partial charge in [-0.1, -0.05) is 35.9 Å². The predicted octanol–water partition coefficient (Wildman–Crippen LogP) is 7.47. The van der Waals surface area contributed by atoms with Crippen molar-refractivity contribution in [3.63, 3.8) is 0 Å². The van der Waals surface area contributed by atoms with Gasteiger partial charge in [0.25, 0.3) is 0 Å². The maximum absolute atomic E-state index is 15.1. The van der Waals surface area contributed by atoms with Crippen molar-refractivity contribution in [2.24, 2.45) is 5.92 Å². The minimum absolute atomic E-state index is 0.0308. The molecule has 5 rings (SSSR count). The maximum atomic E-state index is 15.1. The summed E-state index contributed by atoms with van der Waals surface area (Å²) in [7, 11) is -3.84. The molecule has 0 spiro atoms. The molecular weight excluding hydrogens is 603 g/mol.